The fourth-order valence-corrected chi connectivity index (χ4v) is 5.63. The van der Waals surface area contributed by atoms with Crippen LogP contribution in [-0.4, -0.2) is 51.7 Å². The van der Waals surface area contributed by atoms with Crippen molar-refractivity contribution < 1.29 is 24.2 Å². The predicted molar refractivity (Wildman–Crippen MR) is 201 cm³/mol. The molecular formula is C39H43ClN6O6. The molecule has 0 aliphatic rings. The fraction of sp³-hybridized carbons (Fsp3) is 0.282. The number of aromatic hydroxyl groups is 1. The van der Waals surface area contributed by atoms with Crippen LogP contribution in [-0.2, 0) is 23.3 Å². The SMILES string of the molecule is COCCNC(=O)c1ccc(C)c(-n2c(C)cc(OCc3ccccc3CNC(=O)Nc3cc(C(C)(C)C)nn3-c3ccc(O)cc3)c(Cl)c2=O)c1. The topological polar surface area (TPSA) is 149 Å². The van der Waals surface area contributed by atoms with Crippen LogP contribution in [0.25, 0.3) is 11.4 Å². The van der Waals surface area contributed by atoms with E-state index in [1.165, 1.54) is 4.57 Å². The summed E-state index contributed by atoms with van der Waals surface area (Å²) in [5.41, 5.74) is 4.58. The zero-order valence-corrected chi connectivity index (χ0v) is 30.8. The molecule has 0 radical (unpaired) electrons. The number of nitrogens with zero attached hydrogens (tertiary/aromatic N) is 3. The predicted octanol–water partition coefficient (Wildman–Crippen LogP) is 6.57. The number of halogens is 1. The number of pyridine rings is 1. The maximum absolute atomic E-state index is 13.6. The third kappa shape index (κ3) is 8.82. The van der Waals surface area contributed by atoms with Gasteiger partial charge in [0.25, 0.3) is 11.5 Å². The van der Waals surface area contributed by atoms with Crippen molar-refractivity contribution in [1.82, 2.24) is 25.0 Å². The molecule has 0 saturated heterocycles. The number of aryl methyl sites for hydroxylation is 2. The van der Waals surface area contributed by atoms with E-state index in [0.717, 1.165) is 22.4 Å². The lowest BCUT2D eigenvalue weighted by atomic mass is 9.92. The number of ether oxygens (including phenoxy) is 2. The summed E-state index contributed by atoms with van der Waals surface area (Å²) in [7, 11) is 1.56. The molecule has 3 aromatic carbocycles. The number of methoxy groups -OCH3 is 1. The summed E-state index contributed by atoms with van der Waals surface area (Å²) in [6, 6.07) is 22.2. The lowest BCUT2D eigenvalue weighted by Gasteiger charge is -2.18. The molecule has 5 aromatic rings. The lowest BCUT2D eigenvalue weighted by molar-refractivity contribution is 0.0937. The highest BCUT2D eigenvalue weighted by atomic mass is 35.5. The molecule has 3 amide bonds. The molecular weight excluding hydrogens is 684 g/mol. The van der Waals surface area contributed by atoms with E-state index in [0.29, 0.717) is 41.6 Å². The van der Waals surface area contributed by atoms with Gasteiger partial charge in [-0.3, -0.25) is 19.5 Å². The van der Waals surface area contributed by atoms with Gasteiger partial charge in [0.05, 0.1) is 23.7 Å². The van der Waals surface area contributed by atoms with E-state index in [1.807, 2.05) is 58.0 Å². The number of anilines is 1. The van der Waals surface area contributed by atoms with Gasteiger partial charge < -0.3 is 25.2 Å². The van der Waals surface area contributed by atoms with Crippen molar-refractivity contribution in [1.29, 1.82) is 0 Å². The van der Waals surface area contributed by atoms with Gasteiger partial charge in [0, 0.05) is 49.0 Å². The maximum atomic E-state index is 13.6. The molecule has 5 rings (SSSR count). The Hall–Kier alpha value is -5.59. The fourth-order valence-electron chi connectivity index (χ4n) is 5.44. The number of hydrogen-bond acceptors (Lipinski definition) is 7. The number of aromatic nitrogens is 3. The monoisotopic (exact) mass is 726 g/mol. The van der Waals surface area contributed by atoms with E-state index in [9.17, 15) is 19.5 Å². The van der Waals surface area contributed by atoms with E-state index in [2.05, 4.69) is 16.0 Å². The molecule has 0 saturated carbocycles. The Bertz CT molecular complexity index is 2140. The van der Waals surface area contributed by atoms with E-state index in [-0.39, 0.29) is 41.0 Å². The van der Waals surface area contributed by atoms with Gasteiger partial charge in [-0.1, -0.05) is 62.7 Å². The molecule has 0 unspecified atom stereocenters. The molecule has 0 bridgehead atoms. The second-order valence-corrected chi connectivity index (χ2v) is 13.7. The first kappa shape index (κ1) is 37.7. The number of hydrogen-bond donors (Lipinski definition) is 4. The molecule has 0 aliphatic heterocycles. The van der Waals surface area contributed by atoms with E-state index < -0.39 is 11.6 Å². The molecule has 0 aliphatic carbocycles. The molecule has 0 atom stereocenters. The summed E-state index contributed by atoms with van der Waals surface area (Å²) in [4.78, 5) is 39.5. The number of benzene rings is 3. The summed E-state index contributed by atoms with van der Waals surface area (Å²) < 4.78 is 14.2. The number of rotatable bonds is 12. The first-order chi connectivity index (χ1) is 24.8. The Kier molecular flexibility index (Phi) is 11.7. The van der Waals surface area contributed by atoms with Crippen LogP contribution in [0.5, 0.6) is 11.5 Å². The minimum absolute atomic E-state index is 0.0841. The van der Waals surface area contributed by atoms with Gasteiger partial charge in [-0.15, -0.1) is 0 Å². The van der Waals surface area contributed by atoms with Crippen LogP contribution in [0, 0.1) is 13.8 Å². The first-order valence-corrected chi connectivity index (χ1v) is 17.1. The van der Waals surface area contributed by atoms with Crippen LogP contribution in [0.2, 0.25) is 5.02 Å². The highest BCUT2D eigenvalue weighted by Crippen LogP contribution is 2.28. The molecule has 272 valence electrons. The lowest BCUT2D eigenvalue weighted by Crippen LogP contribution is -2.29. The van der Waals surface area contributed by atoms with Crippen molar-refractivity contribution in [2.24, 2.45) is 0 Å². The summed E-state index contributed by atoms with van der Waals surface area (Å²) in [5, 5.41) is 23.0. The number of phenols is 1. The Morgan fingerprint density at radius 3 is 2.35 bits per heavy atom. The second kappa shape index (κ2) is 16.2. The molecule has 4 N–H and O–H groups in total. The summed E-state index contributed by atoms with van der Waals surface area (Å²) in [6.45, 7) is 10.7. The van der Waals surface area contributed by atoms with E-state index >= 15 is 0 Å². The highest BCUT2D eigenvalue weighted by Gasteiger charge is 2.22. The van der Waals surface area contributed by atoms with Gasteiger partial charge >= 0.3 is 6.03 Å². The standard InChI is InChI=1S/C39H43ClN6O6/c1-24-11-12-26(36(48)41-17-18-51-6)20-31(24)45-25(2)19-32(35(40)37(45)49)52-23-28-10-8-7-9-27(28)22-42-38(50)43-34-21-33(39(3,4)5)44-46(34)29-13-15-30(47)16-14-29/h7-16,19-21,47H,17-18,22-23H2,1-6H3,(H,41,48)(H2,42,43,50). The Morgan fingerprint density at radius 1 is 0.942 bits per heavy atom. The van der Waals surface area contributed by atoms with Crippen LogP contribution in [0.4, 0.5) is 10.6 Å². The zero-order valence-electron chi connectivity index (χ0n) is 30.0. The first-order valence-electron chi connectivity index (χ1n) is 16.7. The van der Waals surface area contributed by atoms with Crippen molar-refractivity contribution >= 4 is 29.4 Å². The van der Waals surface area contributed by atoms with Crippen molar-refractivity contribution in [2.75, 3.05) is 25.6 Å². The molecule has 0 fully saturated rings. The molecule has 12 nitrogen and oxygen atoms in total. The summed E-state index contributed by atoms with van der Waals surface area (Å²) in [6.07, 6.45) is 0. The summed E-state index contributed by atoms with van der Waals surface area (Å²) in [5.74, 6) is 0.526. The molecule has 2 aromatic heterocycles. The maximum Gasteiger partial charge on any atom is 0.320 e. The van der Waals surface area contributed by atoms with Gasteiger partial charge in [-0.05, 0) is 66.9 Å². The Balaban J connectivity index is 1.29. The van der Waals surface area contributed by atoms with Crippen LogP contribution in [0.3, 0.4) is 0 Å². The number of nitrogens with one attached hydrogen (secondary N) is 3. The molecule has 2 heterocycles. The summed E-state index contributed by atoms with van der Waals surface area (Å²) >= 11 is 6.60. The van der Waals surface area contributed by atoms with Gasteiger partial charge in [0.1, 0.15) is 28.9 Å². The van der Waals surface area contributed by atoms with Crippen LogP contribution >= 0.6 is 11.6 Å². The van der Waals surface area contributed by atoms with Gasteiger partial charge in [0.2, 0.25) is 0 Å². The zero-order chi connectivity index (χ0) is 37.6. The van der Waals surface area contributed by atoms with E-state index in [1.54, 1.807) is 67.2 Å². The average molecular weight is 727 g/mol. The number of phenolic OH excluding ortho intramolecular Hbond substituents is 1. The van der Waals surface area contributed by atoms with Gasteiger partial charge in [-0.25, -0.2) is 9.48 Å². The van der Waals surface area contributed by atoms with Crippen LogP contribution in [0.15, 0.2) is 83.7 Å². The van der Waals surface area contributed by atoms with Crippen molar-refractivity contribution in [3.8, 4) is 22.9 Å². The highest BCUT2D eigenvalue weighted by molar-refractivity contribution is 6.31. The molecule has 13 heteroatoms. The molecule has 52 heavy (non-hydrogen) atoms. The largest absolute Gasteiger partial charge is 0.508 e. The number of amides is 3. The van der Waals surface area contributed by atoms with Crippen LogP contribution < -0.4 is 26.2 Å². The third-order valence-electron chi connectivity index (χ3n) is 8.36. The molecule has 0 spiro atoms. The van der Waals surface area contributed by atoms with Gasteiger partial charge in [0.15, 0.2) is 0 Å². The normalized spacial score (nSPS) is 11.3. The van der Waals surface area contributed by atoms with Crippen molar-refractivity contribution in [3.05, 3.63) is 128 Å². The quantitative estimate of drug-likeness (QED) is 0.106. The number of carbonyl (C=O) groups excluding carboxylic acids is 2. The third-order valence-corrected chi connectivity index (χ3v) is 8.71. The van der Waals surface area contributed by atoms with Crippen LogP contribution in [0.1, 0.15) is 59.2 Å². The number of urea groups is 1. The minimum atomic E-state index is -0.482. The number of carbonyl (C=O) groups is 2. The van der Waals surface area contributed by atoms with Gasteiger partial charge in [-0.2, -0.15) is 5.10 Å². The average Bonchev–Trinajstić information content (AvgIpc) is 3.54. The smallest absolute Gasteiger partial charge is 0.320 e. The second-order valence-electron chi connectivity index (χ2n) is 13.3. The van der Waals surface area contributed by atoms with E-state index in [4.69, 9.17) is 26.2 Å². The Labute approximate surface area is 307 Å². The van der Waals surface area contributed by atoms with Crippen molar-refractivity contribution in [2.45, 2.75) is 53.2 Å². The van der Waals surface area contributed by atoms with Crippen molar-refractivity contribution in [3.63, 3.8) is 0 Å². The minimum Gasteiger partial charge on any atom is -0.508 e. The Morgan fingerprint density at radius 2 is 1.65 bits per heavy atom.